The number of sulfone groups is 1. The second-order valence-corrected chi connectivity index (χ2v) is 8.69. The van der Waals surface area contributed by atoms with Gasteiger partial charge in [-0.3, -0.25) is 0 Å². The molecule has 0 aliphatic carbocycles. The summed E-state index contributed by atoms with van der Waals surface area (Å²) in [5.74, 6) is 0.750. The molecule has 0 aromatic heterocycles. The average molecular weight is 306 g/mol. The molecule has 1 fully saturated rings. The molecule has 7 heteroatoms. The number of rotatable bonds is 5. The summed E-state index contributed by atoms with van der Waals surface area (Å²) in [6.07, 6.45) is 0.288. The Kier molecular flexibility index (Phi) is 5.82. The van der Waals surface area contributed by atoms with Crippen molar-refractivity contribution in [3.8, 4) is 0 Å². The highest BCUT2D eigenvalue weighted by Crippen LogP contribution is 2.17. The van der Waals surface area contributed by atoms with Crippen molar-refractivity contribution in [3.05, 3.63) is 0 Å². The predicted molar refractivity (Wildman–Crippen MR) is 78.5 cm³/mol. The molecule has 20 heavy (non-hydrogen) atoms. The molecule has 1 amide bonds. The van der Waals surface area contributed by atoms with Crippen LogP contribution in [0, 0.1) is 5.92 Å². The minimum atomic E-state index is -2.82. The molecule has 1 heterocycles. The lowest BCUT2D eigenvalue weighted by molar-refractivity contribution is 0.0523. The predicted octanol–water partition coefficient (Wildman–Crippen LogP) is 0.924. The molecular weight excluding hydrogens is 280 g/mol. The van der Waals surface area contributed by atoms with E-state index in [1.807, 2.05) is 27.7 Å². The summed E-state index contributed by atoms with van der Waals surface area (Å²) in [6, 6.07) is 0.0748. The van der Waals surface area contributed by atoms with Crippen molar-refractivity contribution in [1.29, 1.82) is 0 Å². The van der Waals surface area contributed by atoms with Gasteiger partial charge in [0.25, 0.3) is 0 Å². The van der Waals surface area contributed by atoms with Crippen molar-refractivity contribution in [2.75, 3.05) is 24.6 Å². The molecule has 1 aliphatic rings. The largest absolute Gasteiger partial charge is 0.444 e. The van der Waals surface area contributed by atoms with Crippen LogP contribution in [0.1, 0.15) is 34.1 Å². The number of alkyl carbamates (subject to hydrolysis) is 1. The Morgan fingerprint density at radius 1 is 1.40 bits per heavy atom. The van der Waals surface area contributed by atoms with Gasteiger partial charge in [-0.05, 0) is 46.6 Å². The van der Waals surface area contributed by atoms with Crippen LogP contribution in [-0.2, 0) is 14.6 Å². The molecule has 0 aromatic rings. The number of hydrogen-bond donors (Lipinski definition) is 2. The summed E-state index contributed by atoms with van der Waals surface area (Å²) in [5.41, 5.74) is -0.501. The summed E-state index contributed by atoms with van der Waals surface area (Å²) < 4.78 is 27.8. The van der Waals surface area contributed by atoms with Crippen LogP contribution in [-0.4, -0.2) is 50.7 Å². The Labute approximate surface area is 121 Å². The van der Waals surface area contributed by atoms with Crippen molar-refractivity contribution in [2.24, 2.45) is 5.92 Å². The van der Waals surface area contributed by atoms with Crippen LogP contribution in [0.5, 0.6) is 0 Å². The number of amides is 1. The zero-order chi connectivity index (χ0) is 15.4. The Hall–Kier alpha value is -0.820. The summed E-state index contributed by atoms with van der Waals surface area (Å²) in [6.45, 7) is 8.50. The van der Waals surface area contributed by atoms with E-state index in [-0.39, 0.29) is 17.7 Å². The maximum Gasteiger partial charge on any atom is 0.407 e. The molecule has 0 spiro atoms. The van der Waals surface area contributed by atoms with Crippen LogP contribution >= 0.6 is 0 Å². The highest BCUT2D eigenvalue weighted by molar-refractivity contribution is 7.91. The quantitative estimate of drug-likeness (QED) is 0.789. The van der Waals surface area contributed by atoms with Gasteiger partial charge in [0.1, 0.15) is 5.60 Å². The monoisotopic (exact) mass is 306 g/mol. The van der Waals surface area contributed by atoms with E-state index in [0.717, 1.165) is 6.42 Å². The first-order chi connectivity index (χ1) is 9.07. The van der Waals surface area contributed by atoms with Crippen LogP contribution in [0.25, 0.3) is 0 Å². The zero-order valence-corrected chi connectivity index (χ0v) is 13.5. The zero-order valence-electron chi connectivity index (χ0n) is 12.7. The third-order valence-electron chi connectivity index (χ3n) is 3.03. The Morgan fingerprint density at radius 3 is 2.55 bits per heavy atom. The molecule has 0 aromatic carbocycles. The van der Waals surface area contributed by atoms with E-state index in [2.05, 4.69) is 10.6 Å². The van der Waals surface area contributed by atoms with Gasteiger partial charge in [0.15, 0.2) is 9.84 Å². The van der Waals surface area contributed by atoms with Gasteiger partial charge in [-0.25, -0.2) is 13.2 Å². The first-order valence-electron chi connectivity index (χ1n) is 6.98. The van der Waals surface area contributed by atoms with Gasteiger partial charge in [-0.15, -0.1) is 0 Å². The molecule has 118 valence electrons. The van der Waals surface area contributed by atoms with Crippen LogP contribution < -0.4 is 10.6 Å². The summed E-state index contributed by atoms with van der Waals surface area (Å²) >= 11 is 0. The number of ether oxygens (including phenoxy) is 1. The first-order valence-corrected chi connectivity index (χ1v) is 8.80. The van der Waals surface area contributed by atoms with Crippen molar-refractivity contribution >= 4 is 15.9 Å². The van der Waals surface area contributed by atoms with Gasteiger partial charge in [-0.1, -0.05) is 0 Å². The lowest BCUT2D eigenvalue weighted by atomic mass is 10.1. The van der Waals surface area contributed by atoms with Crippen molar-refractivity contribution < 1.29 is 17.9 Å². The van der Waals surface area contributed by atoms with Crippen LogP contribution in [0.4, 0.5) is 4.79 Å². The number of hydrogen-bond acceptors (Lipinski definition) is 5. The maximum absolute atomic E-state index is 11.5. The topological polar surface area (TPSA) is 84.5 Å². The first kappa shape index (κ1) is 17.2. The SMILES string of the molecule is CC(CNC(=O)OC(C)(C)C)NCC1CCS(=O)(=O)C1. The van der Waals surface area contributed by atoms with Gasteiger partial charge in [0, 0.05) is 12.6 Å². The van der Waals surface area contributed by atoms with E-state index >= 15 is 0 Å². The fourth-order valence-corrected chi connectivity index (χ4v) is 3.89. The summed E-state index contributed by atoms with van der Waals surface area (Å²) in [7, 11) is -2.82. The summed E-state index contributed by atoms with van der Waals surface area (Å²) in [5, 5.41) is 5.93. The van der Waals surface area contributed by atoms with Crippen LogP contribution in [0.2, 0.25) is 0 Å². The molecule has 2 N–H and O–H groups in total. The second kappa shape index (κ2) is 6.76. The minimum absolute atomic E-state index is 0.0748. The number of nitrogens with one attached hydrogen (secondary N) is 2. The van der Waals surface area contributed by atoms with E-state index in [9.17, 15) is 13.2 Å². The highest BCUT2D eigenvalue weighted by atomic mass is 32.2. The van der Waals surface area contributed by atoms with E-state index < -0.39 is 21.5 Å². The van der Waals surface area contributed by atoms with Crippen molar-refractivity contribution in [2.45, 2.75) is 45.8 Å². The van der Waals surface area contributed by atoms with Gasteiger partial charge in [-0.2, -0.15) is 0 Å². The smallest absolute Gasteiger partial charge is 0.407 e. The maximum atomic E-state index is 11.5. The molecule has 6 nitrogen and oxygen atoms in total. The van der Waals surface area contributed by atoms with Gasteiger partial charge < -0.3 is 15.4 Å². The molecule has 2 atom stereocenters. The van der Waals surface area contributed by atoms with Crippen LogP contribution in [0.3, 0.4) is 0 Å². The Morgan fingerprint density at radius 2 is 2.05 bits per heavy atom. The fourth-order valence-electron chi connectivity index (χ4n) is 2.02. The average Bonchev–Trinajstić information content (AvgIpc) is 2.61. The minimum Gasteiger partial charge on any atom is -0.444 e. The molecule has 1 aliphatic heterocycles. The molecule has 0 bridgehead atoms. The second-order valence-electron chi connectivity index (χ2n) is 6.46. The fraction of sp³-hybridized carbons (Fsp3) is 0.923. The molecule has 0 radical (unpaired) electrons. The Balaban J connectivity index is 2.18. The molecule has 0 saturated carbocycles. The molecule has 1 saturated heterocycles. The van der Waals surface area contributed by atoms with Crippen molar-refractivity contribution in [3.63, 3.8) is 0 Å². The third kappa shape index (κ3) is 7.09. The van der Waals surface area contributed by atoms with E-state index in [1.165, 1.54) is 0 Å². The standard InChI is InChI=1S/C13H26N2O4S/c1-10(7-15-12(16)19-13(2,3)4)14-8-11-5-6-20(17,18)9-11/h10-11,14H,5-9H2,1-4H3,(H,15,16). The molecule has 2 unspecified atom stereocenters. The molecule has 1 rings (SSSR count). The van der Waals surface area contributed by atoms with Gasteiger partial charge >= 0.3 is 6.09 Å². The number of carbonyl (C=O) groups excluding carboxylic acids is 1. The lowest BCUT2D eigenvalue weighted by Gasteiger charge is -2.21. The van der Waals surface area contributed by atoms with Crippen LogP contribution in [0.15, 0.2) is 0 Å². The van der Waals surface area contributed by atoms with Gasteiger partial charge in [0.2, 0.25) is 0 Å². The van der Waals surface area contributed by atoms with Crippen molar-refractivity contribution in [1.82, 2.24) is 10.6 Å². The normalized spacial score (nSPS) is 23.3. The Bertz CT molecular complexity index is 428. The van der Waals surface area contributed by atoms with E-state index in [4.69, 9.17) is 4.74 Å². The summed E-state index contributed by atoms with van der Waals surface area (Å²) in [4.78, 5) is 11.5. The van der Waals surface area contributed by atoms with Gasteiger partial charge in [0.05, 0.1) is 11.5 Å². The number of carbonyl (C=O) groups is 1. The highest BCUT2D eigenvalue weighted by Gasteiger charge is 2.27. The third-order valence-corrected chi connectivity index (χ3v) is 4.87. The van der Waals surface area contributed by atoms with E-state index in [0.29, 0.717) is 18.8 Å². The molecular formula is C13H26N2O4S. The van der Waals surface area contributed by atoms with E-state index in [1.54, 1.807) is 0 Å². The lowest BCUT2D eigenvalue weighted by Crippen LogP contribution is -2.42.